The maximum Gasteiger partial charge on any atom is 0.356 e. The number of carbonyl (C=O) groups is 2. The van der Waals surface area contributed by atoms with E-state index in [0.29, 0.717) is 18.4 Å². The molecule has 6 rings (SSSR count). The van der Waals surface area contributed by atoms with Gasteiger partial charge in [0.1, 0.15) is 12.3 Å². The standard InChI is InChI=1S/C27H24N4O9/c1-2-27(40-25(33)14-7-4-3-5-8-14)20-17(13-39-26(27)34)24(32)29-12-15-11-16-18(9-6-10-19(16)30(35)36)28-21(15)23(29)22(20)31(37)38/h6,9-11,14H,2-5,7-8,12-13H2,1H3. The van der Waals surface area contributed by atoms with Crippen LogP contribution in [0.5, 0.6) is 0 Å². The molecule has 1 saturated carbocycles. The van der Waals surface area contributed by atoms with Crippen molar-refractivity contribution in [3.8, 4) is 11.4 Å². The first-order valence-corrected chi connectivity index (χ1v) is 13.1. The highest BCUT2D eigenvalue weighted by molar-refractivity contribution is 5.94. The third kappa shape index (κ3) is 3.60. The molecule has 1 aromatic carbocycles. The molecule has 1 aliphatic carbocycles. The van der Waals surface area contributed by atoms with Gasteiger partial charge in [-0.25, -0.2) is 9.78 Å². The molecule has 3 aromatic rings. The van der Waals surface area contributed by atoms with Crippen molar-refractivity contribution >= 4 is 34.2 Å². The van der Waals surface area contributed by atoms with Crippen LogP contribution in [0.2, 0.25) is 0 Å². The molecule has 1 fully saturated rings. The summed E-state index contributed by atoms with van der Waals surface area (Å²) >= 11 is 0. The lowest BCUT2D eigenvalue weighted by Gasteiger charge is -2.36. The minimum Gasteiger partial charge on any atom is -0.457 e. The van der Waals surface area contributed by atoms with Crippen LogP contribution < -0.4 is 5.56 Å². The number of hydrogen-bond donors (Lipinski definition) is 0. The van der Waals surface area contributed by atoms with Crippen LogP contribution in [-0.4, -0.2) is 31.3 Å². The highest BCUT2D eigenvalue weighted by Crippen LogP contribution is 2.48. The third-order valence-corrected chi connectivity index (χ3v) is 8.18. The van der Waals surface area contributed by atoms with Crippen molar-refractivity contribution < 1.29 is 28.9 Å². The Labute approximate surface area is 226 Å². The van der Waals surface area contributed by atoms with Crippen molar-refractivity contribution in [2.24, 2.45) is 5.92 Å². The zero-order valence-electron chi connectivity index (χ0n) is 21.5. The van der Waals surface area contributed by atoms with E-state index < -0.39 is 51.2 Å². The van der Waals surface area contributed by atoms with Crippen LogP contribution in [-0.2, 0) is 37.8 Å². The lowest BCUT2D eigenvalue weighted by atomic mass is 9.83. The lowest BCUT2D eigenvalue weighted by molar-refractivity contribution is -0.386. The summed E-state index contributed by atoms with van der Waals surface area (Å²) in [6.45, 7) is 0.896. The molecule has 4 heterocycles. The summed E-state index contributed by atoms with van der Waals surface area (Å²) in [7, 11) is 0. The number of fused-ring (bicyclic) bond motifs is 5. The minimum absolute atomic E-state index is 0.0992. The van der Waals surface area contributed by atoms with Gasteiger partial charge < -0.3 is 9.47 Å². The van der Waals surface area contributed by atoms with E-state index in [-0.39, 0.29) is 52.1 Å². The Morgan fingerprint density at radius 2 is 1.93 bits per heavy atom. The average molecular weight is 549 g/mol. The number of hydrogen-bond acceptors (Lipinski definition) is 10. The van der Waals surface area contributed by atoms with E-state index in [1.165, 1.54) is 35.8 Å². The number of non-ortho nitro benzene ring substituents is 1. The summed E-state index contributed by atoms with van der Waals surface area (Å²) in [5.74, 6) is -2.09. The number of benzene rings is 1. The fourth-order valence-corrected chi connectivity index (χ4v) is 6.21. The highest BCUT2D eigenvalue weighted by Gasteiger charge is 2.56. The third-order valence-electron chi connectivity index (χ3n) is 8.18. The molecular formula is C27H24N4O9. The van der Waals surface area contributed by atoms with Gasteiger partial charge in [0, 0.05) is 18.1 Å². The van der Waals surface area contributed by atoms with Crippen LogP contribution in [0.25, 0.3) is 22.3 Å². The fourth-order valence-electron chi connectivity index (χ4n) is 6.21. The molecule has 1 atom stereocenters. The predicted octanol–water partition coefficient (Wildman–Crippen LogP) is 4.03. The average Bonchev–Trinajstić information content (AvgIpc) is 3.31. The van der Waals surface area contributed by atoms with Crippen molar-refractivity contribution in [2.45, 2.75) is 64.2 Å². The van der Waals surface area contributed by atoms with Gasteiger partial charge in [0.25, 0.3) is 11.2 Å². The van der Waals surface area contributed by atoms with Crippen LogP contribution in [0.1, 0.15) is 62.1 Å². The van der Waals surface area contributed by atoms with Crippen LogP contribution in [0.3, 0.4) is 0 Å². The van der Waals surface area contributed by atoms with Gasteiger partial charge in [0.05, 0.1) is 50.0 Å². The first-order chi connectivity index (χ1) is 19.2. The second-order valence-corrected chi connectivity index (χ2v) is 10.3. The summed E-state index contributed by atoms with van der Waals surface area (Å²) < 4.78 is 12.3. The van der Waals surface area contributed by atoms with E-state index in [4.69, 9.17) is 9.47 Å². The van der Waals surface area contributed by atoms with E-state index in [1.54, 1.807) is 0 Å². The van der Waals surface area contributed by atoms with Gasteiger partial charge in [-0.15, -0.1) is 0 Å². The van der Waals surface area contributed by atoms with Crippen LogP contribution >= 0.6 is 0 Å². The number of aromatic nitrogens is 2. The van der Waals surface area contributed by atoms with E-state index >= 15 is 0 Å². The Kier molecular flexibility index (Phi) is 5.89. The van der Waals surface area contributed by atoms with Gasteiger partial charge in [0.15, 0.2) is 0 Å². The first kappa shape index (κ1) is 25.6. The largest absolute Gasteiger partial charge is 0.457 e. The van der Waals surface area contributed by atoms with Crippen LogP contribution in [0, 0.1) is 26.1 Å². The molecule has 3 aliphatic rings. The summed E-state index contributed by atoms with van der Waals surface area (Å²) in [6.07, 6.45) is 3.59. The zero-order valence-corrected chi connectivity index (χ0v) is 21.5. The van der Waals surface area contributed by atoms with Crippen LogP contribution in [0.15, 0.2) is 29.1 Å². The number of nitrogens with zero attached hydrogens (tertiary/aromatic N) is 4. The van der Waals surface area contributed by atoms with Crippen LogP contribution in [0.4, 0.5) is 11.4 Å². The monoisotopic (exact) mass is 548 g/mol. The summed E-state index contributed by atoms with van der Waals surface area (Å²) in [5, 5.41) is 24.6. The number of pyridine rings is 2. The second kappa shape index (κ2) is 9.21. The van der Waals surface area contributed by atoms with Gasteiger partial charge in [-0.1, -0.05) is 32.3 Å². The maximum atomic E-state index is 13.8. The molecule has 2 aromatic heterocycles. The Morgan fingerprint density at radius 1 is 1.18 bits per heavy atom. The summed E-state index contributed by atoms with van der Waals surface area (Å²) in [5.41, 5.74) is -3.47. The number of cyclic esters (lactones) is 1. The Hall–Kier alpha value is -4.68. The molecule has 0 amide bonds. The molecule has 206 valence electrons. The number of carbonyl (C=O) groups excluding carboxylic acids is 2. The molecule has 0 saturated heterocycles. The normalized spacial score (nSPS) is 19.9. The lowest BCUT2D eigenvalue weighted by Crippen LogP contribution is -2.49. The van der Waals surface area contributed by atoms with E-state index in [9.17, 15) is 34.6 Å². The van der Waals surface area contributed by atoms with Crippen molar-refractivity contribution in [3.05, 3.63) is 71.5 Å². The quantitative estimate of drug-likeness (QED) is 0.201. The Bertz CT molecular complexity index is 1710. The molecule has 0 radical (unpaired) electrons. The van der Waals surface area contributed by atoms with Crippen molar-refractivity contribution in [1.82, 2.24) is 9.55 Å². The van der Waals surface area contributed by atoms with Crippen molar-refractivity contribution in [2.75, 3.05) is 0 Å². The number of rotatable bonds is 5. The van der Waals surface area contributed by atoms with Crippen molar-refractivity contribution in [3.63, 3.8) is 0 Å². The molecular weight excluding hydrogens is 524 g/mol. The van der Waals surface area contributed by atoms with E-state index in [1.807, 2.05) is 0 Å². The second-order valence-electron chi connectivity index (χ2n) is 10.3. The van der Waals surface area contributed by atoms with Gasteiger partial charge in [0.2, 0.25) is 5.60 Å². The van der Waals surface area contributed by atoms with Gasteiger partial charge in [-0.2, -0.15) is 0 Å². The predicted molar refractivity (Wildman–Crippen MR) is 138 cm³/mol. The van der Waals surface area contributed by atoms with Crippen molar-refractivity contribution in [1.29, 1.82) is 0 Å². The number of ether oxygens (including phenoxy) is 2. The zero-order chi connectivity index (χ0) is 28.3. The molecule has 40 heavy (non-hydrogen) atoms. The van der Waals surface area contributed by atoms with Gasteiger partial charge in [-0.05, 0) is 25.0 Å². The molecule has 0 bridgehead atoms. The first-order valence-electron chi connectivity index (χ1n) is 13.1. The fraction of sp³-hybridized carbons (Fsp3) is 0.407. The Morgan fingerprint density at radius 3 is 2.60 bits per heavy atom. The molecule has 0 N–H and O–H groups in total. The van der Waals surface area contributed by atoms with E-state index in [2.05, 4.69) is 4.98 Å². The number of nitro groups is 2. The molecule has 1 unspecified atom stereocenters. The summed E-state index contributed by atoms with van der Waals surface area (Å²) in [6, 6.07) is 5.81. The SMILES string of the molecule is CCC1(OC(=O)C2CCCCC2)C(=O)OCc2c1c([N+](=O)[O-])c1n(c2=O)Cc2cc3c([N+](=O)[O-])cccc3nc2-1. The smallest absolute Gasteiger partial charge is 0.356 e. The topological polar surface area (TPSA) is 174 Å². The number of nitro benzene ring substituents is 1. The summed E-state index contributed by atoms with van der Waals surface area (Å²) in [4.78, 5) is 68.0. The highest BCUT2D eigenvalue weighted by atomic mass is 16.6. The molecule has 13 nitrogen and oxygen atoms in total. The molecule has 13 heteroatoms. The van der Waals surface area contributed by atoms with Gasteiger partial charge >= 0.3 is 17.6 Å². The van der Waals surface area contributed by atoms with Gasteiger partial charge in [-0.3, -0.25) is 34.4 Å². The Balaban J connectivity index is 1.61. The maximum absolute atomic E-state index is 13.8. The van der Waals surface area contributed by atoms with E-state index in [0.717, 1.165) is 19.3 Å². The molecule has 2 aliphatic heterocycles. The molecule has 0 spiro atoms. The minimum atomic E-state index is -2.18. The number of esters is 2.